The Bertz CT molecular complexity index is 571. The monoisotopic (exact) mass is 591 g/mol. The van der Waals surface area contributed by atoms with Gasteiger partial charge in [0.2, 0.25) is 0 Å². The molecule has 246 valence electrons. The first-order valence-corrected chi connectivity index (χ1v) is 18.4. The molecule has 0 aliphatic rings. The van der Waals surface area contributed by atoms with Crippen LogP contribution in [0.15, 0.2) is 24.7 Å². The SMILES string of the molecule is CCCCCCCCCCCCC=COC(=O)CCCCCCCCC(=O)OC=CCCCCCCCCCCCC. The van der Waals surface area contributed by atoms with Crippen molar-refractivity contribution >= 4 is 11.9 Å². The smallest absolute Gasteiger partial charge is 0.310 e. The summed E-state index contributed by atoms with van der Waals surface area (Å²) in [6.45, 7) is 4.53. The Kier molecular flexibility index (Phi) is 34.3. The molecule has 0 saturated carbocycles. The summed E-state index contributed by atoms with van der Waals surface area (Å²) in [4.78, 5) is 23.7. The van der Waals surface area contributed by atoms with Crippen molar-refractivity contribution in [2.45, 2.75) is 206 Å². The molecule has 42 heavy (non-hydrogen) atoms. The fraction of sp³-hybridized carbons (Fsp3) is 0.842. The van der Waals surface area contributed by atoms with Crippen LogP contribution >= 0.6 is 0 Å². The molecule has 0 rings (SSSR count). The Balaban J connectivity index is 3.36. The quantitative estimate of drug-likeness (QED) is 0.0433. The van der Waals surface area contributed by atoms with Crippen LogP contribution in [0.25, 0.3) is 0 Å². The highest BCUT2D eigenvalue weighted by atomic mass is 16.5. The summed E-state index contributed by atoms with van der Waals surface area (Å²) in [5, 5.41) is 0. The van der Waals surface area contributed by atoms with Crippen LogP contribution in [-0.2, 0) is 19.1 Å². The Morgan fingerprint density at radius 1 is 0.381 bits per heavy atom. The summed E-state index contributed by atoms with van der Waals surface area (Å²) >= 11 is 0. The number of hydrogen-bond donors (Lipinski definition) is 0. The fourth-order valence-corrected chi connectivity index (χ4v) is 5.25. The molecule has 0 aromatic heterocycles. The van der Waals surface area contributed by atoms with Crippen molar-refractivity contribution in [3.05, 3.63) is 24.7 Å². The van der Waals surface area contributed by atoms with Gasteiger partial charge in [-0.05, 0) is 50.7 Å². The number of ether oxygens (including phenoxy) is 2. The van der Waals surface area contributed by atoms with Gasteiger partial charge in [0.25, 0.3) is 0 Å². The van der Waals surface area contributed by atoms with Gasteiger partial charge >= 0.3 is 11.9 Å². The van der Waals surface area contributed by atoms with Gasteiger partial charge in [0.1, 0.15) is 0 Å². The fourth-order valence-electron chi connectivity index (χ4n) is 5.25. The van der Waals surface area contributed by atoms with Crippen molar-refractivity contribution in [2.75, 3.05) is 0 Å². The first kappa shape index (κ1) is 40.4. The predicted octanol–water partition coefficient (Wildman–Crippen LogP) is 12.8. The molecule has 4 heteroatoms. The van der Waals surface area contributed by atoms with E-state index in [9.17, 15) is 9.59 Å². The van der Waals surface area contributed by atoms with E-state index in [1.165, 1.54) is 128 Å². The van der Waals surface area contributed by atoms with Crippen LogP contribution in [0.2, 0.25) is 0 Å². The first-order valence-electron chi connectivity index (χ1n) is 18.4. The van der Waals surface area contributed by atoms with E-state index in [1.54, 1.807) is 12.5 Å². The molecule has 0 bridgehead atoms. The maximum Gasteiger partial charge on any atom is 0.310 e. The van der Waals surface area contributed by atoms with Gasteiger partial charge in [0.15, 0.2) is 0 Å². The molecule has 0 aliphatic carbocycles. The van der Waals surface area contributed by atoms with Gasteiger partial charge in [0, 0.05) is 12.8 Å². The third-order valence-electron chi connectivity index (χ3n) is 8.05. The van der Waals surface area contributed by atoms with Crippen molar-refractivity contribution in [2.24, 2.45) is 0 Å². The summed E-state index contributed by atoms with van der Waals surface area (Å²) in [7, 11) is 0. The van der Waals surface area contributed by atoms with E-state index in [2.05, 4.69) is 13.8 Å². The molecule has 0 saturated heterocycles. The highest BCUT2D eigenvalue weighted by Crippen LogP contribution is 2.13. The average molecular weight is 591 g/mol. The zero-order valence-electron chi connectivity index (χ0n) is 28.2. The summed E-state index contributed by atoms with van der Waals surface area (Å²) in [6.07, 6.45) is 42.9. The van der Waals surface area contributed by atoms with Crippen LogP contribution < -0.4 is 0 Å². The standard InChI is InChI=1S/C38H70O4/c1-3-5-7-9-11-13-15-17-19-23-27-31-35-41-37(39)33-29-25-21-22-26-30-34-38(40)42-36-32-28-24-20-18-16-14-12-10-8-6-4-2/h31-32,35-36H,3-30,33-34H2,1-2H3. The van der Waals surface area contributed by atoms with E-state index >= 15 is 0 Å². The number of unbranched alkanes of at least 4 members (excludes halogenated alkanes) is 25. The van der Waals surface area contributed by atoms with Crippen molar-refractivity contribution in [3.63, 3.8) is 0 Å². The third kappa shape index (κ3) is 34.6. The second-order valence-corrected chi connectivity index (χ2v) is 12.3. The molecular weight excluding hydrogens is 520 g/mol. The van der Waals surface area contributed by atoms with E-state index in [4.69, 9.17) is 9.47 Å². The topological polar surface area (TPSA) is 52.6 Å². The average Bonchev–Trinajstić information content (AvgIpc) is 2.99. The van der Waals surface area contributed by atoms with Crippen molar-refractivity contribution in [3.8, 4) is 0 Å². The lowest BCUT2D eigenvalue weighted by Gasteiger charge is -2.03. The zero-order valence-corrected chi connectivity index (χ0v) is 28.2. The van der Waals surface area contributed by atoms with Gasteiger partial charge in [-0.25, -0.2) is 0 Å². The Labute approximate surface area is 261 Å². The Hall–Kier alpha value is -1.58. The second kappa shape index (κ2) is 35.6. The van der Waals surface area contributed by atoms with Crippen LogP contribution in [0.4, 0.5) is 0 Å². The molecule has 0 aliphatic heterocycles. The third-order valence-corrected chi connectivity index (χ3v) is 8.05. The molecule has 0 aromatic rings. The lowest BCUT2D eigenvalue weighted by Crippen LogP contribution is -1.99. The summed E-state index contributed by atoms with van der Waals surface area (Å²) in [5.41, 5.74) is 0. The molecule has 0 N–H and O–H groups in total. The van der Waals surface area contributed by atoms with E-state index in [-0.39, 0.29) is 11.9 Å². The molecule has 4 nitrogen and oxygen atoms in total. The maximum absolute atomic E-state index is 11.9. The number of carbonyl (C=O) groups is 2. The number of esters is 2. The van der Waals surface area contributed by atoms with E-state index in [1.807, 2.05) is 12.2 Å². The molecule has 0 unspecified atom stereocenters. The molecule has 0 spiro atoms. The summed E-state index contributed by atoms with van der Waals surface area (Å²) < 4.78 is 10.4. The van der Waals surface area contributed by atoms with Gasteiger partial charge in [-0.3, -0.25) is 9.59 Å². The molecule has 0 atom stereocenters. The molecule has 0 fully saturated rings. The molecule has 0 aromatic carbocycles. The normalized spacial score (nSPS) is 11.6. The van der Waals surface area contributed by atoms with Crippen molar-refractivity contribution < 1.29 is 19.1 Å². The lowest BCUT2D eigenvalue weighted by molar-refractivity contribution is -0.139. The molecule has 0 radical (unpaired) electrons. The minimum absolute atomic E-state index is 0.127. The minimum Gasteiger partial charge on any atom is -0.435 e. The van der Waals surface area contributed by atoms with Gasteiger partial charge in [-0.15, -0.1) is 0 Å². The molecular formula is C38H70O4. The molecule has 0 heterocycles. The molecule has 0 amide bonds. The second-order valence-electron chi connectivity index (χ2n) is 12.3. The van der Waals surface area contributed by atoms with Crippen LogP contribution in [-0.4, -0.2) is 11.9 Å². The van der Waals surface area contributed by atoms with E-state index < -0.39 is 0 Å². The maximum atomic E-state index is 11.9. The summed E-state index contributed by atoms with van der Waals surface area (Å²) in [5.74, 6) is -0.253. The van der Waals surface area contributed by atoms with Crippen molar-refractivity contribution in [1.29, 1.82) is 0 Å². The summed E-state index contributed by atoms with van der Waals surface area (Å²) in [6, 6.07) is 0. The highest BCUT2D eigenvalue weighted by molar-refractivity contribution is 5.70. The highest BCUT2D eigenvalue weighted by Gasteiger charge is 2.03. The predicted molar refractivity (Wildman–Crippen MR) is 180 cm³/mol. The van der Waals surface area contributed by atoms with Crippen LogP contribution in [0.3, 0.4) is 0 Å². The number of rotatable bonds is 33. The number of carbonyl (C=O) groups excluding carboxylic acids is 2. The van der Waals surface area contributed by atoms with Crippen molar-refractivity contribution in [1.82, 2.24) is 0 Å². The first-order chi connectivity index (χ1) is 20.7. The number of hydrogen-bond acceptors (Lipinski definition) is 4. The minimum atomic E-state index is -0.127. The van der Waals surface area contributed by atoms with Gasteiger partial charge in [-0.2, -0.15) is 0 Å². The van der Waals surface area contributed by atoms with Gasteiger partial charge in [-0.1, -0.05) is 155 Å². The Morgan fingerprint density at radius 3 is 0.952 bits per heavy atom. The zero-order chi connectivity index (χ0) is 30.6. The van der Waals surface area contributed by atoms with Crippen LogP contribution in [0.5, 0.6) is 0 Å². The lowest BCUT2D eigenvalue weighted by atomic mass is 10.1. The Morgan fingerprint density at radius 2 is 0.643 bits per heavy atom. The van der Waals surface area contributed by atoms with Gasteiger partial charge < -0.3 is 9.47 Å². The number of allylic oxidation sites excluding steroid dienone is 2. The van der Waals surface area contributed by atoms with E-state index in [0.29, 0.717) is 12.8 Å². The van der Waals surface area contributed by atoms with Crippen LogP contribution in [0.1, 0.15) is 206 Å². The van der Waals surface area contributed by atoms with E-state index in [0.717, 1.165) is 51.4 Å². The van der Waals surface area contributed by atoms with Crippen LogP contribution in [0, 0.1) is 0 Å². The largest absolute Gasteiger partial charge is 0.435 e. The van der Waals surface area contributed by atoms with Gasteiger partial charge in [0.05, 0.1) is 12.5 Å².